The van der Waals surface area contributed by atoms with E-state index in [-0.39, 0.29) is 11.7 Å². The lowest BCUT2D eigenvalue weighted by molar-refractivity contribution is -0.0779. The lowest BCUT2D eigenvalue weighted by atomic mass is 10.3. The summed E-state index contributed by atoms with van der Waals surface area (Å²) in [5.41, 5.74) is 0.682. The molecule has 2 aromatic rings. The molecule has 0 radical (unpaired) electrons. The molecule has 0 saturated carbocycles. The molecule has 0 spiro atoms. The summed E-state index contributed by atoms with van der Waals surface area (Å²) in [6, 6.07) is 9.74. The Bertz CT molecular complexity index is 569. The third-order valence-corrected chi connectivity index (χ3v) is 3.72. The topological polar surface area (TPSA) is 55.6 Å². The molecule has 0 fully saturated rings. The minimum atomic E-state index is -0.360. The fourth-order valence-electron chi connectivity index (χ4n) is 1.45. The predicted octanol–water partition coefficient (Wildman–Crippen LogP) is 2.77. The van der Waals surface area contributed by atoms with E-state index in [0.717, 1.165) is 9.96 Å². The molecule has 6 heteroatoms. The van der Waals surface area contributed by atoms with Crippen molar-refractivity contribution in [1.82, 2.24) is 10.2 Å². The van der Waals surface area contributed by atoms with Crippen LogP contribution in [0.25, 0.3) is 0 Å². The molecule has 2 rings (SSSR count). The van der Waals surface area contributed by atoms with Gasteiger partial charge in [-0.05, 0) is 19.1 Å². The van der Waals surface area contributed by atoms with Crippen LogP contribution in [0.1, 0.15) is 16.2 Å². The Kier molecular flexibility index (Phi) is 4.24. The maximum absolute atomic E-state index is 12.1. The maximum atomic E-state index is 12.1. The molecule has 19 heavy (non-hydrogen) atoms. The molecule has 0 bridgehead atoms. The lowest BCUT2D eigenvalue weighted by Crippen LogP contribution is -2.25. The second-order valence-electron chi connectivity index (χ2n) is 3.83. The maximum Gasteiger partial charge on any atom is 0.316 e. The second-order valence-corrected chi connectivity index (χ2v) is 4.91. The van der Waals surface area contributed by atoms with Gasteiger partial charge >= 0.3 is 5.91 Å². The normalized spacial score (nSPS) is 10.5. The second kappa shape index (κ2) is 5.90. The number of hydrogen-bond donors (Lipinski definition) is 0. The van der Waals surface area contributed by atoms with Gasteiger partial charge in [0.2, 0.25) is 5.76 Å². The van der Waals surface area contributed by atoms with Gasteiger partial charge in [0.25, 0.3) is 0 Å². The van der Waals surface area contributed by atoms with Crippen molar-refractivity contribution in [2.24, 2.45) is 0 Å². The molecular formula is C13H14N2O3S. The molecular weight excluding hydrogens is 264 g/mol. The molecule has 0 aliphatic carbocycles. The number of carbonyl (C=O) groups excluding carboxylic acids is 1. The first kappa shape index (κ1) is 13.6. The number of rotatable bonds is 4. The van der Waals surface area contributed by atoms with E-state index in [0.29, 0.717) is 10.6 Å². The summed E-state index contributed by atoms with van der Waals surface area (Å²) in [6.45, 7) is 1.80. The van der Waals surface area contributed by atoms with Crippen molar-refractivity contribution in [2.45, 2.75) is 16.7 Å². The van der Waals surface area contributed by atoms with Gasteiger partial charge in [0, 0.05) is 11.9 Å². The molecule has 1 heterocycles. The van der Waals surface area contributed by atoms with Crippen molar-refractivity contribution < 1.29 is 14.2 Å². The molecule has 0 unspecified atom stereocenters. The van der Waals surface area contributed by atoms with Gasteiger partial charge in [-0.1, -0.05) is 35.1 Å². The minimum Gasteiger partial charge on any atom is -0.349 e. The number of nitrogens with zero attached hydrogens (tertiary/aromatic N) is 2. The number of hydrogen-bond acceptors (Lipinski definition) is 5. The van der Waals surface area contributed by atoms with Crippen LogP contribution in [0.3, 0.4) is 0 Å². The van der Waals surface area contributed by atoms with Crippen molar-refractivity contribution in [3.63, 3.8) is 0 Å². The first-order valence-corrected chi connectivity index (χ1v) is 6.46. The number of hydroxylamine groups is 2. The summed E-state index contributed by atoms with van der Waals surface area (Å²) in [4.78, 5) is 18.6. The highest BCUT2D eigenvalue weighted by Crippen LogP contribution is 2.33. The summed E-state index contributed by atoms with van der Waals surface area (Å²) < 4.78 is 5.11. The fraction of sp³-hybridized carbons (Fsp3) is 0.231. The van der Waals surface area contributed by atoms with Crippen LogP contribution in [0.2, 0.25) is 0 Å². The molecule has 5 nitrogen and oxygen atoms in total. The number of carbonyl (C=O) groups is 1. The summed E-state index contributed by atoms with van der Waals surface area (Å²) in [7, 11) is 2.95. The summed E-state index contributed by atoms with van der Waals surface area (Å²) in [5, 5.41) is 4.96. The predicted molar refractivity (Wildman–Crippen MR) is 70.9 cm³/mol. The van der Waals surface area contributed by atoms with E-state index in [1.165, 1.54) is 25.9 Å². The Labute approximate surface area is 115 Å². The number of aromatic nitrogens is 1. The highest BCUT2D eigenvalue weighted by molar-refractivity contribution is 7.99. The zero-order chi connectivity index (χ0) is 13.8. The largest absolute Gasteiger partial charge is 0.349 e. The van der Waals surface area contributed by atoms with Crippen molar-refractivity contribution in [2.75, 3.05) is 14.2 Å². The summed E-state index contributed by atoms with van der Waals surface area (Å²) >= 11 is 1.44. The van der Waals surface area contributed by atoms with E-state index in [1.807, 2.05) is 30.3 Å². The van der Waals surface area contributed by atoms with Crippen molar-refractivity contribution in [3.05, 3.63) is 41.8 Å². The van der Waals surface area contributed by atoms with Gasteiger partial charge in [-0.15, -0.1) is 0 Å². The Morgan fingerprint density at radius 3 is 2.68 bits per heavy atom. The van der Waals surface area contributed by atoms with E-state index < -0.39 is 0 Å². The Hall–Kier alpha value is -1.79. The van der Waals surface area contributed by atoms with Crippen LogP contribution in [0, 0.1) is 6.92 Å². The molecule has 100 valence electrons. The molecule has 1 aromatic heterocycles. The third-order valence-electron chi connectivity index (χ3n) is 2.53. The average molecular weight is 278 g/mol. The van der Waals surface area contributed by atoms with Crippen LogP contribution in [0.5, 0.6) is 0 Å². The van der Waals surface area contributed by atoms with Crippen LogP contribution in [0.4, 0.5) is 0 Å². The zero-order valence-corrected chi connectivity index (χ0v) is 11.7. The first-order valence-electron chi connectivity index (χ1n) is 5.65. The van der Waals surface area contributed by atoms with Crippen LogP contribution in [-0.4, -0.2) is 30.3 Å². The van der Waals surface area contributed by atoms with Crippen LogP contribution in [-0.2, 0) is 4.84 Å². The SMILES string of the molecule is CON(C)C(=O)c1onc(C)c1Sc1ccccc1. The van der Waals surface area contributed by atoms with E-state index in [4.69, 9.17) is 9.36 Å². The van der Waals surface area contributed by atoms with Crippen molar-refractivity contribution in [3.8, 4) is 0 Å². The molecule has 0 atom stereocenters. The standard InChI is InChI=1S/C13H14N2O3S/c1-9-12(19-10-7-5-4-6-8-10)11(18-14-9)13(16)15(2)17-3/h4-8H,1-3H3. The van der Waals surface area contributed by atoms with Crippen LogP contribution >= 0.6 is 11.8 Å². The van der Waals surface area contributed by atoms with Crippen LogP contribution in [0.15, 0.2) is 44.6 Å². The number of benzene rings is 1. The van der Waals surface area contributed by atoms with E-state index >= 15 is 0 Å². The van der Waals surface area contributed by atoms with Crippen molar-refractivity contribution in [1.29, 1.82) is 0 Å². The van der Waals surface area contributed by atoms with E-state index in [2.05, 4.69) is 5.16 Å². The molecule has 0 aliphatic rings. The molecule has 0 aliphatic heterocycles. The third kappa shape index (κ3) is 2.97. The van der Waals surface area contributed by atoms with Gasteiger partial charge in [0.05, 0.1) is 17.7 Å². The molecule has 1 aromatic carbocycles. The Morgan fingerprint density at radius 1 is 1.37 bits per heavy atom. The lowest BCUT2D eigenvalue weighted by Gasteiger charge is -2.11. The molecule has 0 saturated heterocycles. The average Bonchev–Trinajstić information content (AvgIpc) is 2.80. The fourth-order valence-corrected chi connectivity index (χ4v) is 2.38. The van der Waals surface area contributed by atoms with Gasteiger partial charge in [-0.3, -0.25) is 9.63 Å². The highest BCUT2D eigenvalue weighted by atomic mass is 32.2. The zero-order valence-electron chi connectivity index (χ0n) is 10.9. The van der Waals surface area contributed by atoms with Gasteiger partial charge < -0.3 is 4.52 Å². The van der Waals surface area contributed by atoms with E-state index in [9.17, 15) is 4.79 Å². The quantitative estimate of drug-likeness (QED) is 0.805. The number of amides is 1. The van der Waals surface area contributed by atoms with Crippen molar-refractivity contribution >= 4 is 17.7 Å². The summed E-state index contributed by atoms with van der Waals surface area (Å²) in [6.07, 6.45) is 0. The minimum absolute atomic E-state index is 0.190. The first-order chi connectivity index (χ1) is 9.13. The van der Waals surface area contributed by atoms with Crippen LogP contribution < -0.4 is 0 Å². The van der Waals surface area contributed by atoms with Gasteiger partial charge in [0.1, 0.15) is 0 Å². The molecule has 1 amide bonds. The van der Waals surface area contributed by atoms with Gasteiger partial charge in [-0.25, -0.2) is 5.06 Å². The number of aryl methyl sites for hydroxylation is 1. The monoisotopic (exact) mass is 278 g/mol. The van der Waals surface area contributed by atoms with Gasteiger partial charge in [0.15, 0.2) is 0 Å². The Balaban J connectivity index is 2.30. The highest BCUT2D eigenvalue weighted by Gasteiger charge is 2.24. The summed E-state index contributed by atoms with van der Waals surface area (Å²) in [5.74, 6) is -0.169. The molecule has 0 N–H and O–H groups in total. The Morgan fingerprint density at radius 2 is 2.05 bits per heavy atom. The smallest absolute Gasteiger partial charge is 0.316 e. The van der Waals surface area contributed by atoms with E-state index in [1.54, 1.807) is 6.92 Å². The van der Waals surface area contributed by atoms with Gasteiger partial charge in [-0.2, -0.15) is 0 Å².